The van der Waals surface area contributed by atoms with Crippen molar-refractivity contribution >= 4 is 23.4 Å². The molecule has 0 bridgehead atoms. The van der Waals surface area contributed by atoms with Gasteiger partial charge < -0.3 is 5.32 Å². The molecule has 15 heavy (non-hydrogen) atoms. The van der Waals surface area contributed by atoms with Crippen LogP contribution in [-0.4, -0.2) is 11.8 Å². The van der Waals surface area contributed by atoms with Crippen molar-refractivity contribution in [3.05, 3.63) is 28.8 Å². The highest BCUT2D eigenvalue weighted by Gasteiger charge is 2.03. The van der Waals surface area contributed by atoms with Gasteiger partial charge in [-0.25, -0.2) is 0 Å². The van der Waals surface area contributed by atoms with Gasteiger partial charge in [-0.3, -0.25) is 0 Å². The summed E-state index contributed by atoms with van der Waals surface area (Å²) in [4.78, 5) is 1.29. The monoisotopic (exact) mass is 243 g/mol. The Morgan fingerprint density at radius 2 is 2.13 bits per heavy atom. The van der Waals surface area contributed by atoms with Gasteiger partial charge >= 0.3 is 0 Å². The largest absolute Gasteiger partial charge is 0.310 e. The Hall–Kier alpha value is -0.180. The number of nitrogens with one attached hydrogen (secondary N) is 1. The number of benzene rings is 1. The first-order valence-electron chi connectivity index (χ1n) is 5.28. The molecule has 0 saturated carbocycles. The molecule has 3 heteroatoms. The van der Waals surface area contributed by atoms with Gasteiger partial charge in [-0.15, -0.1) is 11.8 Å². The van der Waals surface area contributed by atoms with E-state index in [-0.39, 0.29) is 0 Å². The van der Waals surface area contributed by atoms with E-state index >= 15 is 0 Å². The zero-order valence-corrected chi connectivity index (χ0v) is 11.1. The Morgan fingerprint density at radius 1 is 1.40 bits per heavy atom. The van der Waals surface area contributed by atoms with Crippen molar-refractivity contribution in [3.63, 3.8) is 0 Å². The highest BCUT2D eigenvalue weighted by atomic mass is 35.5. The van der Waals surface area contributed by atoms with Crippen molar-refractivity contribution in [2.45, 2.75) is 38.3 Å². The minimum atomic E-state index is 0.514. The smallest absolute Gasteiger partial charge is 0.0417 e. The van der Waals surface area contributed by atoms with E-state index in [0.29, 0.717) is 6.04 Å². The Kier molecular flexibility index (Phi) is 5.51. The average Bonchev–Trinajstić information content (AvgIpc) is 2.17. The van der Waals surface area contributed by atoms with Gasteiger partial charge in [0.15, 0.2) is 0 Å². The summed E-state index contributed by atoms with van der Waals surface area (Å²) >= 11 is 7.82. The Morgan fingerprint density at radius 3 is 2.73 bits per heavy atom. The summed E-state index contributed by atoms with van der Waals surface area (Å²) in [6, 6.07) is 6.63. The van der Waals surface area contributed by atoms with E-state index in [9.17, 15) is 0 Å². The number of halogens is 1. The summed E-state index contributed by atoms with van der Waals surface area (Å²) < 4.78 is 0. The highest BCUT2D eigenvalue weighted by Crippen LogP contribution is 2.26. The second-order valence-corrected chi connectivity index (χ2v) is 5.46. The first-order valence-corrected chi connectivity index (χ1v) is 6.64. The number of thioether (sulfide) groups is 1. The molecule has 0 aliphatic heterocycles. The van der Waals surface area contributed by atoms with Gasteiger partial charge in [0.25, 0.3) is 0 Å². The van der Waals surface area contributed by atoms with Crippen LogP contribution in [0.1, 0.15) is 26.3 Å². The number of rotatable bonds is 5. The molecule has 1 nitrogen and oxygen atoms in total. The molecule has 1 N–H and O–H groups in total. The molecule has 0 aromatic heterocycles. The summed E-state index contributed by atoms with van der Waals surface area (Å²) in [6.07, 6.45) is 0. The maximum absolute atomic E-state index is 5.98. The van der Waals surface area contributed by atoms with Gasteiger partial charge in [0.1, 0.15) is 0 Å². The molecule has 0 radical (unpaired) electrons. The summed E-state index contributed by atoms with van der Waals surface area (Å²) in [5.41, 5.74) is 1.33. The van der Waals surface area contributed by atoms with Crippen molar-refractivity contribution in [2.75, 3.05) is 5.75 Å². The minimum absolute atomic E-state index is 0.514. The van der Waals surface area contributed by atoms with Crippen LogP contribution in [0.2, 0.25) is 5.02 Å². The van der Waals surface area contributed by atoms with Gasteiger partial charge in [0.05, 0.1) is 0 Å². The zero-order valence-electron chi connectivity index (χ0n) is 9.51. The van der Waals surface area contributed by atoms with Gasteiger partial charge in [-0.05, 0) is 23.4 Å². The fourth-order valence-corrected chi connectivity index (χ4v) is 2.36. The third kappa shape index (κ3) is 4.45. The third-order valence-corrected chi connectivity index (χ3v) is 3.24. The molecule has 0 aliphatic rings. The van der Waals surface area contributed by atoms with Crippen LogP contribution < -0.4 is 5.32 Å². The minimum Gasteiger partial charge on any atom is -0.310 e. The molecule has 0 unspecified atom stereocenters. The first kappa shape index (κ1) is 12.9. The van der Waals surface area contributed by atoms with E-state index in [2.05, 4.69) is 32.2 Å². The van der Waals surface area contributed by atoms with Crippen LogP contribution in [0.5, 0.6) is 0 Å². The molecule has 1 aromatic rings. The van der Waals surface area contributed by atoms with E-state index < -0.39 is 0 Å². The van der Waals surface area contributed by atoms with Crippen molar-refractivity contribution in [3.8, 4) is 0 Å². The molecule has 0 saturated heterocycles. The van der Waals surface area contributed by atoms with Crippen LogP contribution >= 0.6 is 23.4 Å². The molecule has 0 heterocycles. The molecule has 0 spiro atoms. The lowest BCUT2D eigenvalue weighted by Gasteiger charge is -2.12. The SMILES string of the molecule is CCSc1cc(Cl)ccc1CNC(C)C. The van der Waals surface area contributed by atoms with Gasteiger partial charge in [-0.1, -0.05) is 38.4 Å². The molecule has 0 aliphatic carbocycles. The highest BCUT2D eigenvalue weighted by molar-refractivity contribution is 7.99. The summed E-state index contributed by atoms with van der Waals surface area (Å²) in [6.45, 7) is 7.38. The van der Waals surface area contributed by atoms with Crippen molar-refractivity contribution in [1.82, 2.24) is 5.32 Å². The lowest BCUT2D eigenvalue weighted by atomic mass is 10.2. The van der Waals surface area contributed by atoms with E-state index in [4.69, 9.17) is 11.6 Å². The number of hydrogen-bond donors (Lipinski definition) is 1. The zero-order chi connectivity index (χ0) is 11.3. The maximum Gasteiger partial charge on any atom is 0.0417 e. The van der Waals surface area contributed by atoms with Crippen LogP contribution in [0.4, 0.5) is 0 Å². The molecule has 0 amide bonds. The lowest BCUT2D eigenvalue weighted by molar-refractivity contribution is 0.585. The van der Waals surface area contributed by atoms with Crippen molar-refractivity contribution in [1.29, 1.82) is 0 Å². The van der Waals surface area contributed by atoms with Gasteiger partial charge in [-0.2, -0.15) is 0 Å². The first-order chi connectivity index (χ1) is 7.13. The van der Waals surface area contributed by atoms with E-state index in [0.717, 1.165) is 17.3 Å². The van der Waals surface area contributed by atoms with Crippen LogP contribution in [0.25, 0.3) is 0 Å². The lowest BCUT2D eigenvalue weighted by Crippen LogP contribution is -2.22. The Bertz CT molecular complexity index is 312. The quantitative estimate of drug-likeness (QED) is 0.786. The summed E-state index contributed by atoms with van der Waals surface area (Å²) in [7, 11) is 0. The topological polar surface area (TPSA) is 12.0 Å². The van der Waals surface area contributed by atoms with E-state index in [1.165, 1.54) is 10.5 Å². The molecular formula is C12H18ClNS. The fourth-order valence-electron chi connectivity index (χ4n) is 1.28. The summed E-state index contributed by atoms with van der Waals surface area (Å²) in [5, 5.41) is 4.24. The van der Waals surface area contributed by atoms with Gasteiger partial charge in [0, 0.05) is 22.5 Å². The van der Waals surface area contributed by atoms with Gasteiger partial charge in [0.2, 0.25) is 0 Å². The van der Waals surface area contributed by atoms with Crippen LogP contribution in [0.15, 0.2) is 23.1 Å². The second-order valence-electron chi connectivity index (χ2n) is 3.72. The molecule has 1 rings (SSSR count). The second kappa shape index (κ2) is 6.41. The van der Waals surface area contributed by atoms with Crippen LogP contribution in [-0.2, 0) is 6.54 Å². The molecule has 84 valence electrons. The van der Waals surface area contributed by atoms with E-state index in [1.807, 2.05) is 23.9 Å². The molecular weight excluding hydrogens is 226 g/mol. The fraction of sp³-hybridized carbons (Fsp3) is 0.500. The third-order valence-electron chi connectivity index (χ3n) is 2.03. The predicted molar refractivity (Wildman–Crippen MR) is 69.8 cm³/mol. The molecule has 0 fully saturated rings. The van der Waals surface area contributed by atoms with Crippen LogP contribution in [0, 0.1) is 0 Å². The van der Waals surface area contributed by atoms with Crippen molar-refractivity contribution in [2.24, 2.45) is 0 Å². The molecule has 0 atom stereocenters. The predicted octanol–water partition coefficient (Wildman–Crippen LogP) is 3.95. The standard InChI is InChI=1S/C12H18ClNS/c1-4-15-12-7-11(13)6-5-10(12)8-14-9(2)3/h5-7,9,14H,4,8H2,1-3H3. The Labute approximate surface area is 102 Å². The Balaban J connectivity index is 2.76. The van der Waals surface area contributed by atoms with Crippen molar-refractivity contribution < 1.29 is 0 Å². The maximum atomic E-state index is 5.98. The molecule has 1 aromatic carbocycles. The van der Waals surface area contributed by atoms with E-state index in [1.54, 1.807) is 0 Å². The number of hydrogen-bond acceptors (Lipinski definition) is 2. The van der Waals surface area contributed by atoms with Crippen LogP contribution in [0.3, 0.4) is 0 Å². The summed E-state index contributed by atoms with van der Waals surface area (Å²) in [5.74, 6) is 1.08. The normalized spacial score (nSPS) is 11.0. The average molecular weight is 244 g/mol.